The number of piperazine rings is 1. The van der Waals surface area contributed by atoms with Gasteiger partial charge in [0.25, 0.3) is 5.19 Å². The molecular weight excluding hydrogens is 498 g/mol. The van der Waals surface area contributed by atoms with E-state index >= 15 is 0 Å². The molecule has 37 heavy (non-hydrogen) atoms. The minimum atomic E-state index is -1.34. The number of nitrogens with one attached hydrogen (secondary N) is 1. The third-order valence-electron chi connectivity index (χ3n) is 6.83. The van der Waals surface area contributed by atoms with E-state index in [2.05, 4.69) is 9.88 Å². The van der Waals surface area contributed by atoms with Crippen molar-refractivity contribution in [3.63, 3.8) is 0 Å². The van der Waals surface area contributed by atoms with Gasteiger partial charge in [-0.1, -0.05) is 41.7 Å². The van der Waals surface area contributed by atoms with Gasteiger partial charge in [-0.15, -0.1) is 0 Å². The number of hydrogen-bond acceptors (Lipinski definition) is 8. The van der Waals surface area contributed by atoms with Gasteiger partial charge in [0.2, 0.25) is 11.8 Å². The molecule has 3 aromatic rings. The van der Waals surface area contributed by atoms with Crippen LogP contribution in [0.3, 0.4) is 0 Å². The van der Waals surface area contributed by atoms with E-state index in [-0.39, 0.29) is 13.0 Å². The molecule has 0 radical (unpaired) electrons. The van der Waals surface area contributed by atoms with E-state index in [1.807, 2.05) is 54.6 Å². The molecule has 12 heteroatoms. The number of rotatable bonds is 5. The Kier molecular flexibility index (Phi) is 7.10. The molecule has 2 aliphatic rings. The zero-order chi connectivity index (χ0) is 25.9. The number of anilines is 1. The highest BCUT2D eigenvalue weighted by Gasteiger charge is 2.48. The number of aromatic nitrogens is 1. The summed E-state index contributed by atoms with van der Waals surface area (Å²) in [4.78, 5) is 47.7. The van der Waals surface area contributed by atoms with E-state index in [0.717, 1.165) is 20.8 Å². The van der Waals surface area contributed by atoms with Crippen molar-refractivity contribution in [3.8, 4) is 5.19 Å². The Morgan fingerprint density at radius 2 is 1.70 bits per heavy atom. The predicted molar refractivity (Wildman–Crippen MR) is 136 cm³/mol. The fourth-order valence-corrected chi connectivity index (χ4v) is 5.89. The number of amides is 3. The summed E-state index contributed by atoms with van der Waals surface area (Å²) in [6.07, 6.45) is -2.01. The predicted octanol–water partition coefficient (Wildman–Crippen LogP) is 2.27. The first-order valence-electron chi connectivity index (χ1n) is 12.0. The summed E-state index contributed by atoms with van der Waals surface area (Å²) in [5, 5.41) is 19.8. The van der Waals surface area contributed by atoms with Gasteiger partial charge in [-0.3, -0.25) is 19.7 Å². The maximum absolute atomic E-state index is 13.6. The van der Waals surface area contributed by atoms with Gasteiger partial charge in [-0.25, -0.2) is 15.3 Å². The van der Waals surface area contributed by atoms with Crippen LogP contribution < -0.4 is 15.1 Å². The monoisotopic (exact) mass is 525 g/mol. The van der Waals surface area contributed by atoms with Crippen LogP contribution in [0.15, 0.2) is 54.6 Å². The normalized spacial score (nSPS) is 22.1. The number of fused-ring (bicyclic) bond motifs is 1. The van der Waals surface area contributed by atoms with Crippen LogP contribution in [-0.4, -0.2) is 87.9 Å². The van der Waals surface area contributed by atoms with E-state index in [4.69, 9.17) is 4.74 Å². The number of carbonyl (C=O) groups excluding carboxylic acids is 2. The molecule has 194 valence electrons. The first-order chi connectivity index (χ1) is 17.9. The van der Waals surface area contributed by atoms with Gasteiger partial charge in [0.15, 0.2) is 0 Å². The smallest absolute Gasteiger partial charge is 0.408 e. The molecule has 11 nitrogen and oxygen atoms in total. The summed E-state index contributed by atoms with van der Waals surface area (Å²) in [6.45, 7) is 1.82. The highest BCUT2D eigenvalue weighted by molar-refractivity contribution is 7.20. The van der Waals surface area contributed by atoms with Crippen molar-refractivity contribution >= 4 is 45.1 Å². The average Bonchev–Trinajstić information content (AvgIpc) is 3.34. The van der Waals surface area contributed by atoms with Crippen molar-refractivity contribution in [2.24, 2.45) is 5.92 Å². The highest BCUT2D eigenvalue weighted by atomic mass is 32.1. The van der Waals surface area contributed by atoms with E-state index in [0.29, 0.717) is 31.4 Å². The molecular formula is C25H27N5O6S. The van der Waals surface area contributed by atoms with Crippen LogP contribution in [0.4, 0.5) is 10.5 Å². The number of likely N-dealkylation sites (tertiary alicyclic amines) is 1. The van der Waals surface area contributed by atoms with Gasteiger partial charge in [0.1, 0.15) is 12.1 Å². The lowest BCUT2D eigenvalue weighted by Crippen LogP contribution is -2.64. The Bertz CT molecular complexity index is 1250. The number of ether oxygens (including phenoxy) is 1. The van der Waals surface area contributed by atoms with Crippen molar-refractivity contribution in [1.82, 2.24) is 20.3 Å². The first kappa shape index (κ1) is 24.8. The van der Waals surface area contributed by atoms with E-state index in [1.54, 1.807) is 10.4 Å². The summed E-state index contributed by atoms with van der Waals surface area (Å²) in [6, 6.07) is 16.0. The molecule has 3 heterocycles. The summed E-state index contributed by atoms with van der Waals surface area (Å²) in [7, 11) is 0. The van der Waals surface area contributed by atoms with E-state index in [1.165, 1.54) is 11.3 Å². The summed E-state index contributed by atoms with van der Waals surface area (Å²) in [5.41, 5.74) is 3.41. The minimum Gasteiger partial charge on any atom is -0.465 e. The van der Waals surface area contributed by atoms with Gasteiger partial charge < -0.3 is 19.6 Å². The molecule has 3 amide bonds. The standard InChI is InChI=1S/C25H27N5O6S/c31-22(27-35)18-14-17(36-24-26-19-8-4-5-9-20(19)37-24)15-30(25(33)34)21(18)23(32)29-12-10-28(11-13-29)16-6-2-1-3-7-16/h1-9,17-18,21,35H,10-15H2,(H,27,31)(H,33,34)/t17-,18-,21-/m0/s1. The second-order valence-electron chi connectivity index (χ2n) is 9.03. The van der Waals surface area contributed by atoms with E-state index < -0.39 is 36.0 Å². The maximum Gasteiger partial charge on any atom is 0.408 e. The van der Waals surface area contributed by atoms with Crippen molar-refractivity contribution < 1.29 is 29.4 Å². The third kappa shape index (κ3) is 5.16. The SMILES string of the molecule is O=C(NO)[C@H]1C[C@H](Oc2nc3ccccc3s2)CN(C(=O)O)[C@@H]1C(=O)N1CCN(c2ccccc2)CC1. The maximum atomic E-state index is 13.6. The molecule has 2 saturated heterocycles. The number of hydrogen-bond donors (Lipinski definition) is 3. The highest BCUT2D eigenvalue weighted by Crippen LogP contribution is 2.33. The van der Waals surface area contributed by atoms with Gasteiger partial charge >= 0.3 is 6.09 Å². The van der Waals surface area contributed by atoms with Crippen LogP contribution >= 0.6 is 11.3 Å². The Labute approximate surface area is 216 Å². The molecule has 2 aliphatic heterocycles. The second kappa shape index (κ2) is 10.6. The average molecular weight is 526 g/mol. The number of para-hydroxylation sites is 2. The number of nitrogens with zero attached hydrogens (tertiary/aromatic N) is 4. The molecule has 2 fully saturated rings. The van der Waals surface area contributed by atoms with Gasteiger partial charge in [-0.2, -0.15) is 0 Å². The van der Waals surface area contributed by atoms with Crippen molar-refractivity contribution in [2.75, 3.05) is 37.6 Å². The zero-order valence-electron chi connectivity index (χ0n) is 19.9. The molecule has 0 bridgehead atoms. The van der Waals surface area contributed by atoms with Crippen molar-refractivity contribution in [1.29, 1.82) is 0 Å². The minimum absolute atomic E-state index is 0.0481. The number of thiazole rings is 1. The Morgan fingerprint density at radius 1 is 1.00 bits per heavy atom. The summed E-state index contributed by atoms with van der Waals surface area (Å²) >= 11 is 1.32. The first-order valence-corrected chi connectivity index (χ1v) is 12.8. The lowest BCUT2D eigenvalue weighted by Gasteiger charge is -2.44. The molecule has 3 atom stereocenters. The largest absolute Gasteiger partial charge is 0.465 e. The number of benzene rings is 2. The fourth-order valence-electron chi connectivity index (χ4n) is 5.01. The zero-order valence-corrected chi connectivity index (χ0v) is 20.7. The molecule has 5 rings (SSSR count). The fraction of sp³-hybridized carbons (Fsp3) is 0.360. The molecule has 2 aromatic carbocycles. The van der Waals surface area contributed by atoms with E-state index in [9.17, 15) is 24.7 Å². The molecule has 0 saturated carbocycles. The number of hydroxylamine groups is 1. The van der Waals surface area contributed by atoms with Gasteiger partial charge in [-0.05, 0) is 24.3 Å². The number of carbonyl (C=O) groups is 3. The van der Waals surface area contributed by atoms with Gasteiger partial charge in [0.05, 0.1) is 22.7 Å². The lowest BCUT2D eigenvalue weighted by atomic mass is 9.86. The number of piperidine rings is 1. The van der Waals surface area contributed by atoms with Crippen molar-refractivity contribution in [3.05, 3.63) is 54.6 Å². The van der Waals surface area contributed by atoms with Crippen LogP contribution in [0.2, 0.25) is 0 Å². The number of carboxylic acid groups (broad SMARTS) is 1. The Balaban J connectivity index is 1.33. The lowest BCUT2D eigenvalue weighted by molar-refractivity contribution is -0.150. The molecule has 1 aromatic heterocycles. The third-order valence-corrected chi connectivity index (χ3v) is 7.76. The quantitative estimate of drug-likeness (QED) is 0.341. The summed E-state index contributed by atoms with van der Waals surface area (Å²) < 4.78 is 6.90. The van der Waals surface area contributed by atoms with Crippen molar-refractivity contribution in [2.45, 2.75) is 18.6 Å². The van der Waals surface area contributed by atoms with Gasteiger partial charge in [0, 0.05) is 38.3 Å². The second-order valence-corrected chi connectivity index (χ2v) is 10.0. The van der Waals surface area contributed by atoms with Crippen LogP contribution in [0.5, 0.6) is 5.19 Å². The molecule has 0 aliphatic carbocycles. The van der Waals surface area contributed by atoms with Crippen LogP contribution in [0.25, 0.3) is 10.2 Å². The Morgan fingerprint density at radius 3 is 2.38 bits per heavy atom. The Hall–Kier alpha value is -3.90. The summed E-state index contributed by atoms with van der Waals surface area (Å²) in [5.74, 6) is -2.42. The topological polar surface area (TPSA) is 136 Å². The van der Waals surface area contributed by atoms with Crippen LogP contribution in [-0.2, 0) is 9.59 Å². The van der Waals surface area contributed by atoms with Crippen LogP contribution in [0.1, 0.15) is 6.42 Å². The van der Waals surface area contributed by atoms with Crippen LogP contribution in [0, 0.1) is 5.92 Å². The molecule has 0 unspecified atom stereocenters. The molecule has 0 spiro atoms. The molecule has 3 N–H and O–H groups in total.